The molecule has 0 bridgehead atoms. The Bertz CT molecular complexity index is 474. The van der Waals surface area contributed by atoms with Crippen molar-refractivity contribution in [1.29, 1.82) is 0 Å². The molecule has 16 heavy (non-hydrogen) atoms. The Morgan fingerprint density at radius 2 is 2.19 bits per heavy atom. The maximum absolute atomic E-state index is 12.0. The molecule has 2 rings (SSSR count). The number of carbonyl (C=O) groups is 1. The average Bonchev–Trinajstić information content (AvgIpc) is 2.47. The Morgan fingerprint density at radius 1 is 1.50 bits per heavy atom. The number of aliphatic hydroxyl groups excluding tert-OH is 1. The molecule has 5 heteroatoms. The van der Waals surface area contributed by atoms with Gasteiger partial charge in [0.2, 0.25) is 6.20 Å². The number of hydrogen-bond acceptors (Lipinski definition) is 4. The fraction of sp³-hybridized carbons (Fsp3) is 0.545. The highest BCUT2D eigenvalue weighted by Gasteiger charge is 2.35. The van der Waals surface area contributed by atoms with Crippen molar-refractivity contribution < 1.29 is 14.6 Å². The van der Waals surface area contributed by atoms with Crippen molar-refractivity contribution in [2.24, 2.45) is 12.5 Å². The summed E-state index contributed by atoms with van der Waals surface area (Å²) in [7, 11) is 1.80. The van der Waals surface area contributed by atoms with Crippen molar-refractivity contribution >= 4 is 22.9 Å². The van der Waals surface area contributed by atoms with Gasteiger partial charge in [0.1, 0.15) is 10.6 Å². The number of aromatic nitrogens is 2. The zero-order chi connectivity index (χ0) is 11.9. The Kier molecular flexibility index (Phi) is 2.58. The highest BCUT2D eigenvalue weighted by atomic mass is 32.1. The van der Waals surface area contributed by atoms with E-state index in [2.05, 4.69) is 4.49 Å². The fourth-order valence-corrected chi connectivity index (χ4v) is 2.79. The lowest BCUT2D eigenvalue weighted by molar-refractivity contribution is -0.722. The van der Waals surface area contributed by atoms with Gasteiger partial charge in [-0.2, -0.15) is 0 Å². The Balaban J connectivity index is 2.44. The fourth-order valence-electron chi connectivity index (χ4n) is 2.00. The highest BCUT2D eigenvalue weighted by Crippen LogP contribution is 2.39. The van der Waals surface area contributed by atoms with Gasteiger partial charge in [-0.25, -0.2) is 0 Å². The highest BCUT2D eigenvalue weighted by molar-refractivity contribution is 7.07. The standard InChI is InChI=1S/C11H14N2O2S/c1-11(2)4-7(14)10(8(15)5-11)9-6-13(3)12-16-9/h6H,4-5H2,1-3H3/p+1. The van der Waals surface area contributed by atoms with Crippen LogP contribution in [0.2, 0.25) is 0 Å². The van der Waals surface area contributed by atoms with E-state index in [9.17, 15) is 9.90 Å². The van der Waals surface area contributed by atoms with E-state index >= 15 is 0 Å². The summed E-state index contributed by atoms with van der Waals surface area (Å²) in [6.45, 7) is 3.98. The predicted octanol–water partition coefficient (Wildman–Crippen LogP) is 1.63. The molecule has 0 unspecified atom stereocenters. The van der Waals surface area contributed by atoms with Gasteiger partial charge < -0.3 is 5.11 Å². The second-order valence-electron chi connectivity index (χ2n) is 5.00. The number of carbonyl (C=O) groups excluding carboxylic acids is 1. The third kappa shape index (κ3) is 2.00. The van der Waals surface area contributed by atoms with Crippen LogP contribution < -0.4 is 4.68 Å². The van der Waals surface area contributed by atoms with E-state index in [4.69, 9.17) is 0 Å². The summed E-state index contributed by atoms with van der Waals surface area (Å²) in [6, 6.07) is 0. The van der Waals surface area contributed by atoms with Gasteiger partial charge in [-0.3, -0.25) is 4.79 Å². The Hall–Kier alpha value is -1.23. The van der Waals surface area contributed by atoms with Gasteiger partial charge >= 0.3 is 0 Å². The van der Waals surface area contributed by atoms with E-state index in [1.807, 2.05) is 13.8 Å². The summed E-state index contributed by atoms with van der Waals surface area (Å²) in [5, 5.41) is 9.97. The smallest absolute Gasteiger partial charge is 0.216 e. The maximum Gasteiger partial charge on any atom is 0.216 e. The van der Waals surface area contributed by atoms with Crippen molar-refractivity contribution in [3.8, 4) is 0 Å². The minimum atomic E-state index is -0.141. The van der Waals surface area contributed by atoms with Crippen LogP contribution in [0.25, 0.3) is 5.57 Å². The largest absolute Gasteiger partial charge is 0.511 e. The molecule has 1 aromatic rings. The van der Waals surface area contributed by atoms with E-state index in [-0.39, 0.29) is 17.0 Å². The van der Waals surface area contributed by atoms with Gasteiger partial charge in [0, 0.05) is 24.4 Å². The van der Waals surface area contributed by atoms with Gasteiger partial charge in [-0.15, -0.1) is 0 Å². The summed E-state index contributed by atoms with van der Waals surface area (Å²) < 4.78 is 5.70. The number of allylic oxidation sites excluding steroid dienone is 2. The molecule has 0 radical (unpaired) electrons. The van der Waals surface area contributed by atoms with E-state index < -0.39 is 0 Å². The van der Waals surface area contributed by atoms with Crippen molar-refractivity contribution in [3.63, 3.8) is 0 Å². The van der Waals surface area contributed by atoms with Crippen LogP contribution in [0.15, 0.2) is 12.0 Å². The van der Waals surface area contributed by atoms with E-state index in [1.54, 1.807) is 17.9 Å². The molecule has 0 fully saturated rings. The minimum Gasteiger partial charge on any atom is -0.511 e. The molecule has 0 aliphatic heterocycles. The van der Waals surface area contributed by atoms with Crippen LogP contribution in [0.4, 0.5) is 0 Å². The first kappa shape index (κ1) is 11.3. The summed E-state index contributed by atoms with van der Waals surface area (Å²) in [5.41, 5.74) is 0.315. The number of aliphatic hydroxyl groups is 1. The molecule has 0 spiro atoms. The molecule has 1 N–H and O–H groups in total. The lowest BCUT2D eigenvalue weighted by Gasteiger charge is -2.28. The van der Waals surface area contributed by atoms with Gasteiger partial charge in [-0.1, -0.05) is 18.5 Å². The summed E-state index contributed by atoms with van der Waals surface area (Å²) in [6.07, 6.45) is 2.80. The van der Waals surface area contributed by atoms with Crippen LogP contribution in [-0.4, -0.2) is 15.4 Å². The quantitative estimate of drug-likeness (QED) is 0.758. The molecular formula is C11H15N2O2S+. The van der Waals surface area contributed by atoms with Crippen molar-refractivity contribution in [2.75, 3.05) is 0 Å². The van der Waals surface area contributed by atoms with Crippen LogP contribution in [0.5, 0.6) is 0 Å². The lowest BCUT2D eigenvalue weighted by atomic mass is 9.76. The molecule has 1 aromatic heterocycles. The summed E-state index contributed by atoms with van der Waals surface area (Å²) in [4.78, 5) is 12.7. The molecule has 0 amide bonds. The van der Waals surface area contributed by atoms with E-state index in [0.717, 1.165) is 4.88 Å². The predicted molar refractivity (Wildman–Crippen MR) is 60.9 cm³/mol. The van der Waals surface area contributed by atoms with Gasteiger partial charge in [0.05, 0.1) is 10.1 Å². The molecule has 1 heterocycles. The van der Waals surface area contributed by atoms with E-state index in [0.29, 0.717) is 18.4 Å². The zero-order valence-electron chi connectivity index (χ0n) is 9.65. The van der Waals surface area contributed by atoms with Crippen molar-refractivity contribution in [2.45, 2.75) is 26.7 Å². The molecule has 4 nitrogen and oxygen atoms in total. The number of rotatable bonds is 1. The van der Waals surface area contributed by atoms with Crippen LogP contribution in [-0.2, 0) is 11.8 Å². The normalized spacial score (nSPS) is 20.3. The van der Waals surface area contributed by atoms with Crippen LogP contribution in [0.1, 0.15) is 31.6 Å². The Morgan fingerprint density at radius 3 is 2.69 bits per heavy atom. The first-order valence-corrected chi connectivity index (χ1v) is 5.95. The number of hydrogen-bond donors (Lipinski definition) is 1. The monoisotopic (exact) mass is 239 g/mol. The third-order valence-corrected chi connectivity index (χ3v) is 3.52. The molecule has 0 saturated heterocycles. The average molecular weight is 239 g/mol. The van der Waals surface area contributed by atoms with Crippen LogP contribution in [0, 0.1) is 5.41 Å². The van der Waals surface area contributed by atoms with Crippen LogP contribution in [0.3, 0.4) is 0 Å². The first-order valence-electron chi connectivity index (χ1n) is 5.17. The molecule has 0 saturated carbocycles. The number of aryl methyl sites for hydroxylation is 1. The van der Waals surface area contributed by atoms with Crippen molar-refractivity contribution in [3.05, 3.63) is 16.8 Å². The number of ketones is 1. The van der Waals surface area contributed by atoms with Crippen molar-refractivity contribution in [1.82, 2.24) is 4.49 Å². The van der Waals surface area contributed by atoms with Gasteiger partial charge in [0.15, 0.2) is 12.8 Å². The maximum atomic E-state index is 12.0. The molecular weight excluding hydrogens is 224 g/mol. The Labute approximate surface area is 98.4 Å². The minimum absolute atomic E-state index is 0.0120. The molecule has 0 atom stereocenters. The molecule has 1 aliphatic carbocycles. The first-order chi connectivity index (χ1) is 7.39. The lowest BCUT2D eigenvalue weighted by Crippen LogP contribution is -2.28. The second kappa shape index (κ2) is 3.66. The summed E-state index contributed by atoms with van der Waals surface area (Å²) in [5.74, 6) is 0.212. The van der Waals surface area contributed by atoms with Gasteiger partial charge in [-0.05, 0) is 5.41 Å². The number of nitrogens with zero attached hydrogens (tertiary/aromatic N) is 2. The molecule has 86 valence electrons. The zero-order valence-corrected chi connectivity index (χ0v) is 10.5. The SMILES string of the molecule is C[n+]1cc(C2=C(O)CC(C)(C)CC2=O)sn1. The molecule has 1 aliphatic rings. The molecule has 0 aromatic carbocycles. The summed E-state index contributed by atoms with van der Waals surface area (Å²) >= 11 is 1.24. The third-order valence-electron chi connectivity index (χ3n) is 2.67. The number of Topliss-reactive ketones (excluding diaryl/α,β-unsaturated/α-hetero) is 1. The van der Waals surface area contributed by atoms with Gasteiger partial charge in [0.25, 0.3) is 0 Å². The second-order valence-corrected chi connectivity index (χ2v) is 5.79. The topological polar surface area (TPSA) is 54.1 Å². The van der Waals surface area contributed by atoms with E-state index in [1.165, 1.54) is 11.5 Å². The van der Waals surface area contributed by atoms with Crippen LogP contribution >= 0.6 is 11.5 Å².